The fourth-order valence-corrected chi connectivity index (χ4v) is 3.47. The highest BCUT2D eigenvalue weighted by Crippen LogP contribution is 2.22. The molecule has 0 heterocycles. The molecule has 2 N–H and O–H groups in total. The molecular weight excluding hydrogens is 255 g/mol. The van der Waals surface area contributed by atoms with E-state index >= 15 is 0 Å². The van der Waals surface area contributed by atoms with Crippen molar-refractivity contribution in [3.05, 3.63) is 24.0 Å². The van der Waals surface area contributed by atoms with Crippen molar-refractivity contribution in [2.24, 2.45) is 0 Å². The van der Waals surface area contributed by atoms with Crippen LogP contribution in [0.2, 0.25) is 0 Å². The molecule has 1 aromatic rings. The first-order chi connectivity index (χ1) is 8.32. The predicted molar refractivity (Wildman–Crippen MR) is 70.1 cm³/mol. The molecule has 0 bridgehead atoms. The van der Waals surface area contributed by atoms with Crippen LogP contribution < -0.4 is 5.73 Å². The molecule has 0 radical (unpaired) electrons. The third-order valence-corrected chi connectivity index (χ3v) is 4.92. The lowest BCUT2D eigenvalue weighted by Gasteiger charge is -2.25. The zero-order valence-electron chi connectivity index (χ0n) is 10.9. The summed E-state index contributed by atoms with van der Waals surface area (Å²) in [5, 5.41) is 0. The van der Waals surface area contributed by atoms with E-state index in [0.717, 1.165) is 12.1 Å². The van der Waals surface area contributed by atoms with E-state index in [4.69, 9.17) is 5.73 Å². The van der Waals surface area contributed by atoms with E-state index in [-0.39, 0.29) is 16.6 Å². The van der Waals surface area contributed by atoms with Crippen LogP contribution in [0.25, 0.3) is 0 Å². The summed E-state index contributed by atoms with van der Waals surface area (Å²) in [7, 11) is -2.19. The summed E-state index contributed by atoms with van der Waals surface area (Å²) in [6, 6.07) is 3.26. The lowest BCUT2D eigenvalue weighted by Crippen LogP contribution is -2.36. The fraction of sp³-hybridized carbons (Fsp3) is 0.500. The van der Waals surface area contributed by atoms with Gasteiger partial charge in [0.05, 0.1) is 4.90 Å². The maximum absolute atomic E-state index is 13.2. The number of nitrogen functional groups attached to an aromatic ring is 1. The normalized spacial score (nSPS) is 12.3. The van der Waals surface area contributed by atoms with Gasteiger partial charge in [0, 0.05) is 18.8 Å². The molecule has 0 spiro atoms. The van der Waals surface area contributed by atoms with Crippen LogP contribution in [0, 0.1) is 5.82 Å². The van der Waals surface area contributed by atoms with Crippen molar-refractivity contribution >= 4 is 15.7 Å². The largest absolute Gasteiger partial charge is 0.399 e. The van der Waals surface area contributed by atoms with Crippen LogP contribution in [0.4, 0.5) is 10.1 Å². The topological polar surface area (TPSA) is 63.4 Å². The fourth-order valence-electron chi connectivity index (χ4n) is 1.90. The molecule has 0 unspecified atom stereocenters. The van der Waals surface area contributed by atoms with Crippen LogP contribution in [0.3, 0.4) is 0 Å². The lowest BCUT2D eigenvalue weighted by molar-refractivity contribution is 0.349. The minimum atomic E-state index is -3.69. The van der Waals surface area contributed by atoms with E-state index in [9.17, 15) is 12.8 Å². The molecular formula is C12H19FN2O2S. The molecule has 0 saturated carbocycles. The van der Waals surface area contributed by atoms with Crippen molar-refractivity contribution in [2.45, 2.75) is 37.6 Å². The van der Waals surface area contributed by atoms with Gasteiger partial charge < -0.3 is 5.73 Å². The number of nitrogens with two attached hydrogens (primary N) is 1. The minimum absolute atomic E-state index is 0.0977. The molecule has 1 rings (SSSR count). The summed E-state index contributed by atoms with van der Waals surface area (Å²) in [6.07, 6.45) is 1.41. The van der Waals surface area contributed by atoms with Gasteiger partial charge in [-0.1, -0.05) is 13.8 Å². The number of benzene rings is 1. The first-order valence-electron chi connectivity index (χ1n) is 5.87. The van der Waals surface area contributed by atoms with E-state index in [1.165, 1.54) is 17.4 Å². The Balaban J connectivity index is 3.20. The summed E-state index contributed by atoms with van der Waals surface area (Å²) in [5.74, 6) is -0.647. The van der Waals surface area contributed by atoms with Crippen LogP contribution in [-0.2, 0) is 10.0 Å². The van der Waals surface area contributed by atoms with Crippen LogP contribution in [0.15, 0.2) is 23.1 Å². The van der Waals surface area contributed by atoms with Gasteiger partial charge in [0.1, 0.15) is 5.82 Å². The quantitative estimate of drug-likeness (QED) is 0.837. The van der Waals surface area contributed by atoms with Crippen LogP contribution in [0.1, 0.15) is 26.7 Å². The smallest absolute Gasteiger partial charge is 0.243 e. The highest BCUT2D eigenvalue weighted by Gasteiger charge is 2.26. The van der Waals surface area contributed by atoms with E-state index in [1.807, 2.05) is 13.8 Å². The second-order valence-corrected chi connectivity index (χ2v) is 6.21. The van der Waals surface area contributed by atoms with Crippen LogP contribution in [0.5, 0.6) is 0 Å². The summed E-state index contributed by atoms with van der Waals surface area (Å²) < 4.78 is 39.1. The van der Waals surface area contributed by atoms with Crippen molar-refractivity contribution in [1.82, 2.24) is 4.31 Å². The summed E-state index contributed by atoms with van der Waals surface area (Å²) in [4.78, 5) is -0.102. The lowest BCUT2D eigenvalue weighted by atomic mass is 10.2. The maximum atomic E-state index is 13.2. The highest BCUT2D eigenvalue weighted by atomic mass is 32.2. The number of sulfonamides is 1. The van der Waals surface area contributed by atoms with Gasteiger partial charge in [-0.25, -0.2) is 12.8 Å². The van der Waals surface area contributed by atoms with Gasteiger partial charge in [0.25, 0.3) is 0 Å². The first kappa shape index (κ1) is 14.9. The molecule has 102 valence electrons. The Morgan fingerprint density at radius 1 is 1.28 bits per heavy atom. The zero-order chi connectivity index (χ0) is 13.9. The summed E-state index contributed by atoms with van der Waals surface area (Å²) in [5.41, 5.74) is 5.58. The number of rotatable bonds is 5. The van der Waals surface area contributed by atoms with Crippen molar-refractivity contribution in [1.29, 1.82) is 0 Å². The SMILES string of the molecule is CCC(CC)N(C)S(=O)(=O)c1cc(N)cc(F)c1. The Kier molecular flexibility index (Phi) is 4.70. The van der Waals surface area contributed by atoms with Gasteiger partial charge in [-0.3, -0.25) is 0 Å². The number of nitrogens with zero attached hydrogens (tertiary/aromatic N) is 1. The molecule has 1 aromatic carbocycles. The van der Waals surface area contributed by atoms with E-state index in [1.54, 1.807) is 0 Å². The Labute approximate surface area is 108 Å². The Morgan fingerprint density at radius 2 is 1.83 bits per heavy atom. The Morgan fingerprint density at radius 3 is 2.28 bits per heavy atom. The van der Waals surface area contributed by atoms with Gasteiger partial charge in [0.2, 0.25) is 10.0 Å². The van der Waals surface area contributed by atoms with Crippen molar-refractivity contribution < 1.29 is 12.8 Å². The molecule has 0 saturated heterocycles. The van der Waals surface area contributed by atoms with Gasteiger partial charge in [-0.05, 0) is 31.0 Å². The van der Waals surface area contributed by atoms with Gasteiger partial charge in [-0.2, -0.15) is 4.31 Å². The number of hydrogen-bond donors (Lipinski definition) is 1. The van der Waals surface area contributed by atoms with E-state index < -0.39 is 15.8 Å². The molecule has 18 heavy (non-hydrogen) atoms. The van der Waals surface area contributed by atoms with E-state index in [0.29, 0.717) is 12.8 Å². The second-order valence-electron chi connectivity index (χ2n) is 4.21. The molecule has 6 heteroatoms. The van der Waals surface area contributed by atoms with Gasteiger partial charge >= 0.3 is 0 Å². The molecule has 4 nitrogen and oxygen atoms in total. The molecule has 0 aliphatic carbocycles. The first-order valence-corrected chi connectivity index (χ1v) is 7.31. The average molecular weight is 274 g/mol. The molecule has 0 aliphatic rings. The van der Waals surface area contributed by atoms with Crippen molar-refractivity contribution in [3.8, 4) is 0 Å². The van der Waals surface area contributed by atoms with Gasteiger partial charge in [0.15, 0.2) is 0 Å². The second kappa shape index (κ2) is 5.67. The Bertz CT molecular complexity index is 493. The number of anilines is 1. The molecule has 0 aliphatic heterocycles. The summed E-state index contributed by atoms with van der Waals surface area (Å²) in [6.45, 7) is 3.83. The third kappa shape index (κ3) is 3.00. The maximum Gasteiger partial charge on any atom is 0.243 e. The van der Waals surface area contributed by atoms with Gasteiger partial charge in [-0.15, -0.1) is 0 Å². The number of hydrogen-bond acceptors (Lipinski definition) is 3. The zero-order valence-corrected chi connectivity index (χ0v) is 11.7. The highest BCUT2D eigenvalue weighted by molar-refractivity contribution is 7.89. The average Bonchev–Trinajstić information content (AvgIpc) is 2.29. The van der Waals surface area contributed by atoms with E-state index in [2.05, 4.69) is 0 Å². The number of halogens is 1. The predicted octanol–water partition coefficient (Wildman–Crippen LogP) is 2.22. The van der Waals surface area contributed by atoms with Crippen molar-refractivity contribution in [2.75, 3.05) is 12.8 Å². The molecule has 0 atom stereocenters. The van der Waals surface area contributed by atoms with Crippen molar-refractivity contribution in [3.63, 3.8) is 0 Å². The molecule has 0 aromatic heterocycles. The third-order valence-electron chi connectivity index (χ3n) is 3.03. The van der Waals surface area contributed by atoms with Crippen LogP contribution >= 0.6 is 0 Å². The molecule has 0 fully saturated rings. The summed E-state index contributed by atoms with van der Waals surface area (Å²) >= 11 is 0. The van der Waals surface area contributed by atoms with Crippen LogP contribution in [-0.4, -0.2) is 25.8 Å². The molecule has 0 amide bonds. The minimum Gasteiger partial charge on any atom is -0.399 e. The Hall–Kier alpha value is -1.14. The standard InChI is InChI=1S/C12H19FN2O2S/c1-4-11(5-2)15(3)18(16,17)12-7-9(13)6-10(14)8-12/h6-8,11H,4-5,14H2,1-3H3. The monoisotopic (exact) mass is 274 g/mol.